The third-order valence-corrected chi connectivity index (χ3v) is 2.06. The summed E-state index contributed by atoms with van der Waals surface area (Å²) in [5.74, 6) is 0. The van der Waals surface area contributed by atoms with E-state index in [-0.39, 0.29) is 0 Å². The van der Waals surface area contributed by atoms with E-state index in [2.05, 4.69) is 0 Å². The number of hydrogen-bond acceptors (Lipinski definition) is 3. The molecule has 0 atom stereocenters. The van der Waals surface area contributed by atoms with Crippen molar-refractivity contribution in [3.8, 4) is 0 Å². The first-order chi connectivity index (χ1) is 7.41. The quantitative estimate of drug-likeness (QED) is 0.471. The fourth-order valence-electron chi connectivity index (χ4n) is 1.24. The highest BCUT2D eigenvalue weighted by Gasteiger charge is 1.91. The summed E-state index contributed by atoms with van der Waals surface area (Å²) in [7, 11) is 0. The maximum atomic E-state index is 5.47. The van der Waals surface area contributed by atoms with Gasteiger partial charge in [-0.3, -0.25) is 0 Å². The van der Waals surface area contributed by atoms with E-state index < -0.39 is 0 Å². The van der Waals surface area contributed by atoms with Gasteiger partial charge >= 0.3 is 0 Å². The fraction of sp³-hybridized carbons (Fsp3) is 1.00. The van der Waals surface area contributed by atoms with Crippen molar-refractivity contribution in [1.29, 1.82) is 0 Å². The standard InChI is InChI=1S/C12H26O3/c1-3-13-9-6-5-7-10-15-12-8-11-14-4-2/h3-12H2,1-2H3. The van der Waals surface area contributed by atoms with Crippen LogP contribution >= 0.6 is 0 Å². The molecule has 0 aliphatic heterocycles. The van der Waals surface area contributed by atoms with Gasteiger partial charge in [-0.05, 0) is 39.5 Å². The molecule has 0 aliphatic carbocycles. The lowest BCUT2D eigenvalue weighted by atomic mass is 10.2. The lowest BCUT2D eigenvalue weighted by Gasteiger charge is -2.04. The van der Waals surface area contributed by atoms with Crippen LogP contribution in [0.25, 0.3) is 0 Å². The Kier molecular flexibility index (Phi) is 13.8. The smallest absolute Gasteiger partial charge is 0.0487 e. The van der Waals surface area contributed by atoms with Crippen LogP contribution in [0.4, 0.5) is 0 Å². The van der Waals surface area contributed by atoms with Gasteiger partial charge < -0.3 is 14.2 Å². The first-order valence-corrected chi connectivity index (χ1v) is 6.15. The van der Waals surface area contributed by atoms with Crippen molar-refractivity contribution in [2.75, 3.05) is 39.6 Å². The fourth-order valence-corrected chi connectivity index (χ4v) is 1.24. The summed E-state index contributed by atoms with van der Waals surface area (Å²) in [6.45, 7) is 9.08. The van der Waals surface area contributed by atoms with Crippen LogP contribution in [0.2, 0.25) is 0 Å². The minimum atomic E-state index is 0.803. The molecule has 0 fully saturated rings. The molecule has 92 valence electrons. The van der Waals surface area contributed by atoms with Crippen LogP contribution in [0, 0.1) is 0 Å². The van der Waals surface area contributed by atoms with Crippen molar-refractivity contribution in [3.05, 3.63) is 0 Å². The Hall–Kier alpha value is -0.120. The second-order valence-electron chi connectivity index (χ2n) is 3.42. The molecule has 0 heterocycles. The van der Waals surface area contributed by atoms with Gasteiger partial charge in [0.1, 0.15) is 0 Å². The zero-order valence-electron chi connectivity index (χ0n) is 10.3. The average molecular weight is 218 g/mol. The van der Waals surface area contributed by atoms with E-state index >= 15 is 0 Å². The lowest BCUT2D eigenvalue weighted by molar-refractivity contribution is 0.0843. The monoisotopic (exact) mass is 218 g/mol. The molecule has 0 aromatic carbocycles. The van der Waals surface area contributed by atoms with Crippen LogP contribution in [0.1, 0.15) is 39.5 Å². The lowest BCUT2D eigenvalue weighted by Crippen LogP contribution is -2.02. The number of ether oxygens (including phenoxy) is 3. The van der Waals surface area contributed by atoms with E-state index in [4.69, 9.17) is 14.2 Å². The molecule has 0 unspecified atom stereocenters. The van der Waals surface area contributed by atoms with Crippen LogP contribution in [0.3, 0.4) is 0 Å². The highest BCUT2D eigenvalue weighted by Crippen LogP contribution is 1.97. The van der Waals surface area contributed by atoms with Gasteiger partial charge in [-0.15, -0.1) is 0 Å². The van der Waals surface area contributed by atoms with Gasteiger partial charge in [0.2, 0.25) is 0 Å². The average Bonchev–Trinajstić information content (AvgIpc) is 2.26. The van der Waals surface area contributed by atoms with Crippen molar-refractivity contribution in [2.45, 2.75) is 39.5 Å². The maximum absolute atomic E-state index is 5.47. The van der Waals surface area contributed by atoms with Crippen molar-refractivity contribution in [3.63, 3.8) is 0 Å². The third-order valence-electron chi connectivity index (χ3n) is 2.06. The molecule has 0 radical (unpaired) electrons. The Morgan fingerprint density at radius 1 is 0.533 bits per heavy atom. The molecule has 0 bridgehead atoms. The largest absolute Gasteiger partial charge is 0.382 e. The Morgan fingerprint density at radius 2 is 1.00 bits per heavy atom. The second-order valence-corrected chi connectivity index (χ2v) is 3.42. The van der Waals surface area contributed by atoms with E-state index in [0.717, 1.165) is 58.9 Å². The Bertz CT molecular complexity index is 95.0. The molecule has 0 N–H and O–H groups in total. The maximum Gasteiger partial charge on any atom is 0.0487 e. The first-order valence-electron chi connectivity index (χ1n) is 6.15. The minimum absolute atomic E-state index is 0.803. The molecule has 0 spiro atoms. The molecule has 3 heteroatoms. The van der Waals surface area contributed by atoms with Crippen molar-refractivity contribution >= 4 is 0 Å². The molecule has 0 saturated carbocycles. The summed E-state index contributed by atoms with van der Waals surface area (Å²) in [6.07, 6.45) is 4.50. The number of hydrogen-bond donors (Lipinski definition) is 0. The van der Waals surface area contributed by atoms with E-state index in [0.29, 0.717) is 0 Å². The molecule has 0 saturated heterocycles. The van der Waals surface area contributed by atoms with Crippen LogP contribution in [-0.4, -0.2) is 39.6 Å². The number of rotatable bonds is 12. The van der Waals surface area contributed by atoms with Crippen molar-refractivity contribution in [2.24, 2.45) is 0 Å². The van der Waals surface area contributed by atoms with Crippen molar-refractivity contribution in [1.82, 2.24) is 0 Å². The van der Waals surface area contributed by atoms with Crippen LogP contribution in [-0.2, 0) is 14.2 Å². The predicted octanol–water partition coefficient (Wildman–Crippen LogP) is 2.64. The summed E-state index contributed by atoms with van der Waals surface area (Å²) < 4.78 is 15.9. The Morgan fingerprint density at radius 3 is 1.60 bits per heavy atom. The molecule has 3 nitrogen and oxygen atoms in total. The van der Waals surface area contributed by atoms with Crippen LogP contribution in [0.5, 0.6) is 0 Å². The van der Waals surface area contributed by atoms with Gasteiger partial charge in [0.15, 0.2) is 0 Å². The van der Waals surface area contributed by atoms with Crippen LogP contribution < -0.4 is 0 Å². The van der Waals surface area contributed by atoms with E-state index in [1.807, 2.05) is 13.8 Å². The van der Waals surface area contributed by atoms with Crippen LogP contribution in [0.15, 0.2) is 0 Å². The van der Waals surface area contributed by atoms with Gasteiger partial charge in [-0.25, -0.2) is 0 Å². The normalized spacial score (nSPS) is 10.8. The van der Waals surface area contributed by atoms with Gasteiger partial charge in [-0.2, -0.15) is 0 Å². The summed E-state index contributed by atoms with van der Waals surface area (Å²) in [5, 5.41) is 0. The van der Waals surface area contributed by atoms with Crippen molar-refractivity contribution < 1.29 is 14.2 Å². The Balaban J connectivity index is 2.81. The molecule has 15 heavy (non-hydrogen) atoms. The molecular formula is C12H26O3. The van der Waals surface area contributed by atoms with Gasteiger partial charge in [0.05, 0.1) is 0 Å². The highest BCUT2D eigenvalue weighted by molar-refractivity contribution is 4.41. The summed E-state index contributed by atoms with van der Waals surface area (Å²) in [4.78, 5) is 0. The molecule has 0 aliphatic rings. The molecule has 0 aromatic heterocycles. The minimum Gasteiger partial charge on any atom is -0.382 e. The third kappa shape index (κ3) is 13.9. The highest BCUT2D eigenvalue weighted by atomic mass is 16.5. The summed E-state index contributed by atoms with van der Waals surface area (Å²) in [5.41, 5.74) is 0. The molecule has 0 aromatic rings. The second kappa shape index (κ2) is 13.9. The number of unbranched alkanes of at least 4 members (excludes halogenated alkanes) is 2. The SMILES string of the molecule is CCOCCCCCOCCCOCC. The molecule has 0 rings (SSSR count). The Labute approximate surface area is 94.1 Å². The van der Waals surface area contributed by atoms with Gasteiger partial charge in [0.25, 0.3) is 0 Å². The van der Waals surface area contributed by atoms with Gasteiger partial charge in [0, 0.05) is 39.6 Å². The topological polar surface area (TPSA) is 27.7 Å². The summed E-state index contributed by atoms with van der Waals surface area (Å²) in [6, 6.07) is 0. The first kappa shape index (κ1) is 14.9. The zero-order valence-corrected chi connectivity index (χ0v) is 10.3. The van der Waals surface area contributed by atoms with E-state index in [1.54, 1.807) is 0 Å². The van der Waals surface area contributed by atoms with Gasteiger partial charge in [-0.1, -0.05) is 0 Å². The van der Waals surface area contributed by atoms with E-state index in [9.17, 15) is 0 Å². The van der Waals surface area contributed by atoms with E-state index in [1.165, 1.54) is 6.42 Å². The summed E-state index contributed by atoms with van der Waals surface area (Å²) >= 11 is 0. The molecule has 0 amide bonds. The predicted molar refractivity (Wildman–Crippen MR) is 62.3 cm³/mol. The molecular weight excluding hydrogens is 192 g/mol. The zero-order chi connectivity index (χ0) is 11.2.